The number of pyridine rings is 1. The predicted octanol–water partition coefficient (Wildman–Crippen LogP) is 3.05. The summed E-state index contributed by atoms with van der Waals surface area (Å²) >= 11 is 0. The summed E-state index contributed by atoms with van der Waals surface area (Å²) in [6.07, 6.45) is 3.33. The van der Waals surface area contributed by atoms with Gasteiger partial charge in [0.05, 0.1) is 11.3 Å². The molecule has 3 heteroatoms. The lowest BCUT2D eigenvalue weighted by Crippen LogP contribution is -2.04. The summed E-state index contributed by atoms with van der Waals surface area (Å²) in [5, 5.41) is 9.38. The third-order valence-corrected chi connectivity index (χ3v) is 3.08. The molecule has 1 aromatic carbocycles. The molecule has 0 amide bonds. The lowest BCUT2D eigenvalue weighted by molar-refractivity contribution is 1.30. The van der Waals surface area contributed by atoms with E-state index < -0.39 is 0 Å². The molecule has 0 unspecified atom stereocenters. The maximum atomic E-state index is 9.38. The number of nitriles is 1. The van der Waals surface area contributed by atoms with Gasteiger partial charge in [0.1, 0.15) is 6.07 Å². The van der Waals surface area contributed by atoms with Crippen molar-refractivity contribution in [3.8, 4) is 6.07 Å². The Bertz CT molecular complexity index is 644. The van der Waals surface area contributed by atoms with E-state index in [-0.39, 0.29) is 0 Å². The van der Waals surface area contributed by atoms with E-state index in [0.717, 1.165) is 22.3 Å². The largest absolute Gasteiger partial charge is 0.397 e. The number of nitrogens with zero attached hydrogens (tertiary/aromatic N) is 2. The number of allylic oxidation sites excluding steroid dienone is 1. The molecule has 2 aromatic rings. The molecule has 0 aliphatic carbocycles. The highest BCUT2D eigenvalue weighted by atomic mass is 14.6. The first-order valence-electron chi connectivity index (χ1n) is 6.02. The summed E-state index contributed by atoms with van der Waals surface area (Å²) in [6.45, 7) is 3.99. The Labute approximate surface area is 113 Å². The van der Waals surface area contributed by atoms with Crippen molar-refractivity contribution in [3.63, 3.8) is 0 Å². The van der Waals surface area contributed by atoms with Crippen molar-refractivity contribution in [2.45, 2.75) is 13.8 Å². The Morgan fingerprint density at radius 2 is 1.84 bits per heavy atom. The minimum Gasteiger partial charge on any atom is -0.397 e. The zero-order valence-corrected chi connectivity index (χ0v) is 11.0. The van der Waals surface area contributed by atoms with Gasteiger partial charge in [-0.25, -0.2) is 0 Å². The summed E-state index contributed by atoms with van der Waals surface area (Å²) in [7, 11) is 0. The van der Waals surface area contributed by atoms with E-state index in [4.69, 9.17) is 5.73 Å². The summed E-state index contributed by atoms with van der Waals surface area (Å²) < 4.78 is 0. The third-order valence-electron chi connectivity index (χ3n) is 3.08. The number of rotatable bonds is 2. The number of aromatic nitrogens is 1. The molecule has 0 bridgehead atoms. The van der Waals surface area contributed by atoms with Crippen LogP contribution in [-0.2, 0) is 0 Å². The van der Waals surface area contributed by atoms with Gasteiger partial charge in [-0.1, -0.05) is 24.3 Å². The maximum Gasteiger partial charge on any atom is 0.102 e. The van der Waals surface area contributed by atoms with Gasteiger partial charge in [-0.3, -0.25) is 4.98 Å². The quantitative estimate of drug-likeness (QED) is 0.832. The standard InChI is InChI=1S/C16H15N3/c1-11-5-3-6-12(2)15(11)16(18)14(9-17)13-7-4-8-19-10-13/h3-8,10H,18H2,1-2H3/b16-14+. The van der Waals surface area contributed by atoms with Crippen LogP contribution in [0.1, 0.15) is 22.3 Å². The third kappa shape index (κ3) is 2.48. The SMILES string of the molecule is Cc1cccc(C)c1/C(N)=C(/C#N)c1cccnc1. The van der Waals surface area contributed by atoms with Gasteiger partial charge in [-0.2, -0.15) is 5.26 Å². The highest BCUT2D eigenvalue weighted by Crippen LogP contribution is 2.26. The molecule has 0 atom stereocenters. The fraction of sp³-hybridized carbons (Fsp3) is 0.125. The topological polar surface area (TPSA) is 62.7 Å². The smallest absolute Gasteiger partial charge is 0.102 e. The first kappa shape index (κ1) is 12.8. The van der Waals surface area contributed by atoms with Crippen LogP contribution in [0.3, 0.4) is 0 Å². The van der Waals surface area contributed by atoms with E-state index in [1.807, 2.05) is 38.1 Å². The van der Waals surface area contributed by atoms with E-state index in [1.54, 1.807) is 18.5 Å². The number of nitrogens with two attached hydrogens (primary N) is 1. The van der Waals surface area contributed by atoms with Gasteiger partial charge in [0.25, 0.3) is 0 Å². The molecule has 0 saturated carbocycles. The second-order valence-electron chi connectivity index (χ2n) is 4.41. The first-order chi connectivity index (χ1) is 9.15. The highest BCUT2D eigenvalue weighted by molar-refractivity contribution is 5.97. The average Bonchev–Trinajstić information content (AvgIpc) is 2.40. The van der Waals surface area contributed by atoms with Crippen molar-refractivity contribution in [1.29, 1.82) is 5.26 Å². The lowest BCUT2D eigenvalue weighted by atomic mass is 9.95. The van der Waals surface area contributed by atoms with Crippen molar-refractivity contribution in [2.75, 3.05) is 0 Å². The fourth-order valence-corrected chi connectivity index (χ4v) is 2.16. The summed E-state index contributed by atoms with van der Waals surface area (Å²) in [5.74, 6) is 0. The van der Waals surface area contributed by atoms with Crippen molar-refractivity contribution >= 4 is 11.3 Å². The van der Waals surface area contributed by atoms with Crippen molar-refractivity contribution in [2.24, 2.45) is 5.73 Å². The van der Waals surface area contributed by atoms with Crippen LogP contribution in [0, 0.1) is 25.2 Å². The minimum atomic E-state index is 0.463. The van der Waals surface area contributed by atoms with Gasteiger partial charge in [-0.05, 0) is 31.0 Å². The summed E-state index contributed by atoms with van der Waals surface area (Å²) in [4.78, 5) is 4.03. The van der Waals surface area contributed by atoms with Crippen LogP contribution in [0.4, 0.5) is 0 Å². The number of benzene rings is 1. The second kappa shape index (κ2) is 5.36. The van der Waals surface area contributed by atoms with Crippen LogP contribution >= 0.6 is 0 Å². The normalized spacial score (nSPS) is 11.6. The molecular formula is C16H15N3. The van der Waals surface area contributed by atoms with Gasteiger partial charge in [0, 0.05) is 23.5 Å². The molecule has 94 valence electrons. The Balaban J connectivity index is 2.67. The van der Waals surface area contributed by atoms with Gasteiger partial charge < -0.3 is 5.73 Å². The molecule has 0 radical (unpaired) electrons. The highest BCUT2D eigenvalue weighted by Gasteiger charge is 2.12. The Morgan fingerprint density at radius 1 is 1.16 bits per heavy atom. The van der Waals surface area contributed by atoms with Gasteiger partial charge in [0.2, 0.25) is 0 Å². The van der Waals surface area contributed by atoms with Crippen molar-refractivity contribution in [1.82, 2.24) is 4.98 Å². The van der Waals surface area contributed by atoms with Gasteiger partial charge >= 0.3 is 0 Å². The molecule has 1 heterocycles. The fourth-order valence-electron chi connectivity index (χ4n) is 2.16. The monoisotopic (exact) mass is 249 g/mol. The molecule has 1 aromatic heterocycles. The average molecular weight is 249 g/mol. The van der Waals surface area contributed by atoms with E-state index in [1.165, 1.54) is 0 Å². The zero-order chi connectivity index (χ0) is 13.8. The summed E-state index contributed by atoms with van der Waals surface area (Å²) in [5.41, 5.74) is 11.0. The molecule has 3 nitrogen and oxygen atoms in total. The minimum absolute atomic E-state index is 0.463. The molecule has 2 rings (SSSR count). The molecule has 2 N–H and O–H groups in total. The van der Waals surface area contributed by atoms with Gasteiger partial charge in [-0.15, -0.1) is 0 Å². The van der Waals surface area contributed by atoms with Crippen LogP contribution < -0.4 is 5.73 Å². The van der Waals surface area contributed by atoms with Crippen LogP contribution in [0.25, 0.3) is 11.3 Å². The predicted molar refractivity (Wildman–Crippen MR) is 76.8 cm³/mol. The molecule has 0 fully saturated rings. The maximum absolute atomic E-state index is 9.38. The Morgan fingerprint density at radius 3 is 2.37 bits per heavy atom. The number of hydrogen-bond donors (Lipinski definition) is 1. The zero-order valence-electron chi connectivity index (χ0n) is 11.0. The summed E-state index contributed by atoms with van der Waals surface area (Å²) in [6, 6.07) is 11.8. The van der Waals surface area contributed by atoms with Crippen LogP contribution in [-0.4, -0.2) is 4.98 Å². The Kier molecular flexibility index (Phi) is 3.63. The molecule has 0 aliphatic rings. The van der Waals surface area contributed by atoms with E-state index in [9.17, 15) is 5.26 Å². The number of aryl methyl sites for hydroxylation is 2. The number of hydrogen-bond acceptors (Lipinski definition) is 3. The van der Waals surface area contributed by atoms with E-state index >= 15 is 0 Å². The van der Waals surface area contributed by atoms with Crippen molar-refractivity contribution in [3.05, 3.63) is 65.0 Å². The lowest BCUT2D eigenvalue weighted by Gasteiger charge is -2.12. The van der Waals surface area contributed by atoms with E-state index in [2.05, 4.69) is 11.1 Å². The molecule has 0 saturated heterocycles. The molecular weight excluding hydrogens is 234 g/mol. The van der Waals surface area contributed by atoms with E-state index in [0.29, 0.717) is 11.3 Å². The first-order valence-corrected chi connectivity index (χ1v) is 6.02. The van der Waals surface area contributed by atoms with Crippen LogP contribution in [0.15, 0.2) is 42.7 Å². The second-order valence-corrected chi connectivity index (χ2v) is 4.41. The molecule has 19 heavy (non-hydrogen) atoms. The van der Waals surface area contributed by atoms with Crippen molar-refractivity contribution < 1.29 is 0 Å². The van der Waals surface area contributed by atoms with Crippen LogP contribution in [0.2, 0.25) is 0 Å². The Hall–Kier alpha value is -2.60. The molecule has 0 spiro atoms. The molecule has 0 aliphatic heterocycles. The van der Waals surface area contributed by atoms with Gasteiger partial charge in [0.15, 0.2) is 0 Å². The van der Waals surface area contributed by atoms with Crippen LogP contribution in [0.5, 0.6) is 0 Å².